The van der Waals surface area contributed by atoms with Crippen molar-refractivity contribution >= 4 is 32.6 Å². The summed E-state index contributed by atoms with van der Waals surface area (Å²) in [5, 5.41) is 0.738. The van der Waals surface area contributed by atoms with Crippen LogP contribution in [0.2, 0.25) is 0 Å². The van der Waals surface area contributed by atoms with Crippen molar-refractivity contribution in [3.8, 4) is 5.75 Å². The molecule has 4 rings (SSSR count). The maximum Gasteiger partial charge on any atom is 0.260 e. The number of carbonyl (C=O) groups excluding carboxylic acids is 1. The molecule has 0 saturated heterocycles. The summed E-state index contributed by atoms with van der Waals surface area (Å²) in [6, 6.07) is 12.2. The molecule has 32 heavy (non-hydrogen) atoms. The topological polar surface area (TPSA) is 45.7 Å². The minimum absolute atomic E-state index is 0.0301. The van der Waals surface area contributed by atoms with E-state index in [2.05, 4.69) is 30.9 Å². The minimum Gasteiger partial charge on any atom is -0.492 e. The van der Waals surface area contributed by atoms with E-state index in [1.807, 2.05) is 36.1 Å². The third-order valence-electron chi connectivity index (χ3n) is 6.28. The van der Waals surface area contributed by atoms with Crippen LogP contribution in [-0.2, 0) is 12.8 Å². The Bertz CT molecular complexity index is 1070. The fourth-order valence-electron chi connectivity index (χ4n) is 4.39. The van der Waals surface area contributed by atoms with Gasteiger partial charge in [-0.3, -0.25) is 9.69 Å². The molecule has 0 saturated carbocycles. The van der Waals surface area contributed by atoms with Gasteiger partial charge in [-0.15, -0.1) is 0 Å². The average molecular weight is 452 g/mol. The van der Waals surface area contributed by atoms with Gasteiger partial charge in [0.25, 0.3) is 5.91 Å². The lowest BCUT2D eigenvalue weighted by atomic mass is 9.90. The Labute approximate surface area is 195 Å². The van der Waals surface area contributed by atoms with Gasteiger partial charge < -0.3 is 9.64 Å². The molecule has 3 aromatic rings. The van der Waals surface area contributed by atoms with Crippen LogP contribution in [0.3, 0.4) is 0 Å². The average Bonchev–Trinajstić information content (AvgIpc) is 3.26. The molecule has 0 unspecified atom stereocenters. The zero-order chi connectivity index (χ0) is 22.5. The number of benzene rings is 2. The van der Waals surface area contributed by atoms with Crippen molar-refractivity contribution in [1.82, 2.24) is 9.88 Å². The molecule has 1 aliphatic carbocycles. The summed E-state index contributed by atoms with van der Waals surface area (Å²) >= 11 is 1.56. The molecule has 0 atom stereocenters. The molecular weight excluding hydrogens is 418 g/mol. The van der Waals surface area contributed by atoms with Crippen LogP contribution in [0.25, 0.3) is 10.2 Å². The summed E-state index contributed by atoms with van der Waals surface area (Å²) < 4.78 is 6.82. The van der Waals surface area contributed by atoms with E-state index in [-0.39, 0.29) is 5.91 Å². The Kier molecular flexibility index (Phi) is 7.43. The lowest BCUT2D eigenvalue weighted by Crippen LogP contribution is -2.39. The van der Waals surface area contributed by atoms with E-state index in [4.69, 9.17) is 9.72 Å². The second-order valence-corrected chi connectivity index (χ2v) is 9.22. The third kappa shape index (κ3) is 4.81. The third-order valence-corrected chi connectivity index (χ3v) is 7.32. The molecule has 170 valence electrons. The van der Waals surface area contributed by atoms with Crippen LogP contribution < -0.4 is 9.64 Å². The smallest absolute Gasteiger partial charge is 0.260 e. The zero-order valence-corrected chi connectivity index (χ0v) is 20.2. The Hall–Kier alpha value is -2.44. The predicted octanol–water partition coefficient (Wildman–Crippen LogP) is 5.56. The van der Waals surface area contributed by atoms with Gasteiger partial charge in [-0.2, -0.15) is 0 Å². The van der Waals surface area contributed by atoms with Crippen molar-refractivity contribution in [2.75, 3.05) is 37.7 Å². The normalized spacial score (nSPS) is 13.4. The number of amides is 1. The summed E-state index contributed by atoms with van der Waals surface area (Å²) in [5.41, 5.74) is 4.31. The van der Waals surface area contributed by atoms with E-state index in [1.165, 1.54) is 24.0 Å². The molecule has 0 aliphatic heterocycles. The van der Waals surface area contributed by atoms with Crippen molar-refractivity contribution in [1.29, 1.82) is 0 Å². The van der Waals surface area contributed by atoms with E-state index in [0.717, 1.165) is 59.1 Å². The van der Waals surface area contributed by atoms with Gasteiger partial charge in [-0.1, -0.05) is 37.3 Å². The van der Waals surface area contributed by atoms with Crippen molar-refractivity contribution in [3.05, 3.63) is 53.1 Å². The number of hydrogen-bond donors (Lipinski definition) is 0. The Morgan fingerprint density at radius 1 is 1.03 bits per heavy atom. The maximum atomic E-state index is 13.8. The maximum absolute atomic E-state index is 13.8. The zero-order valence-electron chi connectivity index (χ0n) is 19.4. The van der Waals surface area contributed by atoms with Crippen LogP contribution in [0.4, 0.5) is 5.13 Å². The summed E-state index contributed by atoms with van der Waals surface area (Å²) in [7, 11) is 0. The van der Waals surface area contributed by atoms with Crippen LogP contribution in [0, 0.1) is 0 Å². The Balaban J connectivity index is 1.69. The first-order chi connectivity index (χ1) is 15.6. The van der Waals surface area contributed by atoms with E-state index in [0.29, 0.717) is 13.2 Å². The lowest BCUT2D eigenvalue weighted by molar-refractivity contribution is 0.0983. The number of ether oxygens (including phenoxy) is 1. The van der Waals surface area contributed by atoms with Gasteiger partial charge in [0.2, 0.25) is 0 Å². The molecule has 0 fully saturated rings. The van der Waals surface area contributed by atoms with Gasteiger partial charge in [0.15, 0.2) is 5.13 Å². The van der Waals surface area contributed by atoms with Crippen LogP contribution >= 0.6 is 11.3 Å². The standard InChI is InChI=1S/C26H33N3O2S/c1-4-28(5-2)16-17-29(25(30)21-15-14-19-10-7-8-11-20(19)18-21)26-27-24-22(31-6-3)12-9-13-23(24)32-26/h9,12-15,18H,4-8,10-11,16-17H2,1-3H3. The largest absolute Gasteiger partial charge is 0.492 e. The van der Waals surface area contributed by atoms with Crippen molar-refractivity contribution < 1.29 is 9.53 Å². The molecule has 1 aromatic heterocycles. The molecule has 0 radical (unpaired) electrons. The van der Waals surface area contributed by atoms with Crippen LogP contribution in [0.5, 0.6) is 5.75 Å². The lowest BCUT2D eigenvalue weighted by Gasteiger charge is -2.25. The van der Waals surface area contributed by atoms with Gasteiger partial charge in [-0.05, 0) is 81.1 Å². The highest BCUT2D eigenvalue weighted by atomic mass is 32.1. The summed E-state index contributed by atoms with van der Waals surface area (Å²) in [6.07, 6.45) is 4.63. The number of fused-ring (bicyclic) bond motifs is 2. The molecule has 0 bridgehead atoms. The number of para-hydroxylation sites is 1. The SMILES string of the molecule is CCOc1cccc2sc(N(CCN(CC)CC)C(=O)c3ccc4c(c3)CCCC4)nc12. The Morgan fingerprint density at radius 3 is 2.56 bits per heavy atom. The highest BCUT2D eigenvalue weighted by Crippen LogP contribution is 2.35. The summed E-state index contributed by atoms with van der Waals surface area (Å²) in [5.74, 6) is 0.806. The first-order valence-corrected chi connectivity index (χ1v) is 12.6. The van der Waals surface area contributed by atoms with E-state index < -0.39 is 0 Å². The van der Waals surface area contributed by atoms with Gasteiger partial charge in [0.1, 0.15) is 11.3 Å². The molecule has 1 heterocycles. The quantitative estimate of drug-likeness (QED) is 0.427. The number of thiazole rings is 1. The highest BCUT2D eigenvalue weighted by Gasteiger charge is 2.24. The number of aryl methyl sites for hydroxylation is 2. The van der Waals surface area contributed by atoms with Crippen molar-refractivity contribution in [2.24, 2.45) is 0 Å². The number of hydrogen-bond acceptors (Lipinski definition) is 5. The minimum atomic E-state index is 0.0301. The Morgan fingerprint density at radius 2 is 1.81 bits per heavy atom. The summed E-state index contributed by atoms with van der Waals surface area (Å²) in [6.45, 7) is 10.2. The molecule has 0 spiro atoms. The monoisotopic (exact) mass is 451 g/mol. The van der Waals surface area contributed by atoms with Gasteiger partial charge in [0, 0.05) is 18.7 Å². The predicted molar refractivity (Wildman–Crippen MR) is 133 cm³/mol. The molecule has 1 amide bonds. The number of anilines is 1. The number of carbonyl (C=O) groups is 1. The molecule has 2 aromatic carbocycles. The number of likely N-dealkylation sites (N-methyl/N-ethyl adjacent to an activating group) is 1. The van der Waals surface area contributed by atoms with Crippen LogP contribution in [-0.4, -0.2) is 48.6 Å². The first kappa shape index (κ1) is 22.7. The van der Waals surface area contributed by atoms with Crippen molar-refractivity contribution in [3.63, 3.8) is 0 Å². The summed E-state index contributed by atoms with van der Waals surface area (Å²) in [4.78, 5) is 22.8. The van der Waals surface area contributed by atoms with Crippen LogP contribution in [0.15, 0.2) is 36.4 Å². The molecule has 6 heteroatoms. The number of nitrogens with zero attached hydrogens (tertiary/aromatic N) is 3. The number of rotatable bonds is 9. The van der Waals surface area contributed by atoms with Crippen LogP contribution in [0.1, 0.15) is 55.1 Å². The molecule has 5 nitrogen and oxygen atoms in total. The van der Waals surface area contributed by atoms with E-state index >= 15 is 0 Å². The number of aromatic nitrogens is 1. The van der Waals surface area contributed by atoms with E-state index in [9.17, 15) is 4.79 Å². The van der Waals surface area contributed by atoms with E-state index in [1.54, 1.807) is 11.3 Å². The molecular formula is C26H33N3O2S. The fourth-order valence-corrected chi connectivity index (χ4v) is 5.39. The van der Waals surface area contributed by atoms with Gasteiger partial charge in [0.05, 0.1) is 11.3 Å². The van der Waals surface area contributed by atoms with Gasteiger partial charge >= 0.3 is 0 Å². The molecule has 1 aliphatic rings. The second kappa shape index (κ2) is 10.5. The van der Waals surface area contributed by atoms with Gasteiger partial charge in [-0.25, -0.2) is 4.98 Å². The fraction of sp³-hybridized carbons (Fsp3) is 0.462. The highest BCUT2D eigenvalue weighted by molar-refractivity contribution is 7.22. The first-order valence-electron chi connectivity index (χ1n) is 11.8. The molecule has 0 N–H and O–H groups in total. The van der Waals surface area contributed by atoms with Crippen molar-refractivity contribution in [2.45, 2.75) is 46.5 Å². The second-order valence-electron chi connectivity index (χ2n) is 8.21.